The minimum absolute atomic E-state index is 0.231. The Morgan fingerprint density at radius 2 is 1.92 bits per heavy atom. The zero-order valence-electron chi connectivity index (χ0n) is 15.1. The number of rotatable bonds is 9. The first kappa shape index (κ1) is 18.8. The molecule has 0 amide bonds. The summed E-state index contributed by atoms with van der Waals surface area (Å²) in [5.74, 6) is 0.534. The quantitative estimate of drug-likeness (QED) is 0.698. The highest BCUT2D eigenvalue weighted by Gasteiger charge is 2.09. The molecule has 3 rings (SSSR count). The first-order valence-electron chi connectivity index (χ1n) is 9.27. The molecule has 0 unspecified atom stereocenters. The van der Waals surface area contributed by atoms with Crippen LogP contribution < -0.4 is 10.1 Å². The highest BCUT2D eigenvalue weighted by molar-refractivity contribution is 5.29. The average molecular weight is 358 g/mol. The smallest absolute Gasteiger partial charge is 0.129 e. The van der Waals surface area contributed by atoms with Gasteiger partial charge in [-0.25, -0.2) is 4.39 Å². The minimum Gasteiger partial charge on any atom is -0.489 e. The normalized spacial score (nSPS) is 15.1. The largest absolute Gasteiger partial charge is 0.489 e. The summed E-state index contributed by atoms with van der Waals surface area (Å²) in [5.41, 5.74) is 1.74. The second-order valence-electron chi connectivity index (χ2n) is 6.51. The average Bonchev–Trinajstić information content (AvgIpc) is 2.68. The Hall–Kier alpha value is -1.95. The van der Waals surface area contributed by atoms with E-state index in [4.69, 9.17) is 9.47 Å². The third kappa shape index (κ3) is 6.09. The molecule has 0 aliphatic carbocycles. The molecule has 0 atom stereocenters. The van der Waals surface area contributed by atoms with Crippen molar-refractivity contribution < 1.29 is 13.9 Å². The van der Waals surface area contributed by atoms with Crippen LogP contribution in [0.2, 0.25) is 0 Å². The Morgan fingerprint density at radius 3 is 2.77 bits per heavy atom. The van der Waals surface area contributed by atoms with Gasteiger partial charge in [-0.2, -0.15) is 0 Å². The molecule has 1 saturated heterocycles. The molecule has 140 valence electrons. The van der Waals surface area contributed by atoms with Gasteiger partial charge < -0.3 is 14.8 Å². The maximum Gasteiger partial charge on any atom is 0.129 e. The van der Waals surface area contributed by atoms with Gasteiger partial charge in [0.2, 0.25) is 0 Å². The molecule has 5 heteroatoms. The van der Waals surface area contributed by atoms with Crippen molar-refractivity contribution in [3.63, 3.8) is 0 Å². The van der Waals surface area contributed by atoms with Crippen LogP contribution in [0.5, 0.6) is 5.75 Å². The van der Waals surface area contributed by atoms with Crippen LogP contribution in [0.25, 0.3) is 0 Å². The van der Waals surface area contributed by atoms with Crippen molar-refractivity contribution in [2.45, 2.75) is 19.6 Å². The van der Waals surface area contributed by atoms with E-state index in [9.17, 15) is 4.39 Å². The lowest BCUT2D eigenvalue weighted by atomic mass is 10.2. The van der Waals surface area contributed by atoms with Crippen molar-refractivity contribution in [2.24, 2.45) is 0 Å². The maximum absolute atomic E-state index is 13.6. The van der Waals surface area contributed by atoms with E-state index in [1.165, 1.54) is 11.6 Å². The standard InChI is InChI=1S/C21H27FN2O2/c22-21-8-2-1-6-19(21)17-26-20-7-3-5-18(15-20)16-23-9-4-10-24-11-13-25-14-12-24/h1-3,5-8,15,23H,4,9-14,16-17H2. The third-order valence-electron chi connectivity index (χ3n) is 4.51. The SMILES string of the molecule is Fc1ccccc1COc1cccc(CNCCCN2CCOCC2)c1. The second kappa shape index (κ2) is 10.3. The minimum atomic E-state index is -0.231. The monoisotopic (exact) mass is 358 g/mol. The molecule has 0 spiro atoms. The van der Waals surface area contributed by atoms with Crippen LogP contribution in [-0.2, 0) is 17.9 Å². The number of nitrogens with one attached hydrogen (secondary N) is 1. The molecule has 1 aliphatic heterocycles. The summed E-state index contributed by atoms with van der Waals surface area (Å²) in [7, 11) is 0. The van der Waals surface area contributed by atoms with Crippen molar-refractivity contribution in [2.75, 3.05) is 39.4 Å². The van der Waals surface area contributed by atoms with E-state index >= 15 is 0 Å². The fourth-order valence-corrected chi connectivity index (χ4v) is 3.01. The third-order valence-corrected chi connectivity index (χ3v) is 4.51. The number of nitrogens with zero attached hydrogens (tertiary/aromatic N) is 1. The lowest BCUT2D eigenvalue weighted by molar-refractivity contribution is 0.0374. The molecule has 1 fully saturated rings. The summed E-state index contributed by atoms with van der Waals surface area (Å²) in [6.45, 7) is 6.94. The van der Waals surface area contributed by atoms with Crippen molar-refractivity contribution in [3.8, 4) is 5.75 Å². The van der Waals surface area contributed by atoms with E-state index in [1.54, 1.807) is 12.1 Å². The van der Waals surface area contributed by atoms with Crippen LogP contribution in [0, 0.1) is 5.82 Å². The topological polar surface area (TPSA) is 33.7 Å². The van der Waals surface area contributed by atoms with Crippen LogP contribution in [0.1, 0.15) is 17.5 Å². The summed E-state index contributed by atoms with van der Waals surface area (Å²) >= 11 is 0. The van der Waals surface area contributed by atoms with Crippen LogP contribution >= 0.6 is 0 Å². The maximum atomic E-state index is 13.6. The zero-order chi connectivity index (χ0) is 18.0. The molecule has 1 heterocycles. The predicted octanol–water partition coefficient (Wildman–Crippen LogP) is 3.22. The highest BCUT2D eigenvalue weighted by Crippen LogP contribution is 2.16. The number of hydrogen-bond acceptors (Lipinski definition) is 4. The summed E-state index contributed by atoms with van der Waals surface area (Å²) in [4.78, 5) is 2.45. The fourth-order valence-electron chi connectivity index (χ4n) is 3.01. The van der Waals surface area contributed by atoms with Crippen molar-refractivity contribution in [1.29, 1.82) is 0 Å². The highest BCUT2D eigenvalue weighted by atomic mass is 19.1. The first-order chi connectivity index (χ1) is 12.8. The van der Waals surface area contributed by atoms with Crippen molar-refractivity contribution in [1.82, 2.24) is 10.2 Å². The van der Waals surface area contributed by atoms with Crippen LogP contribution in [-0.4, -0.2) is 44.3 Å². The van der Waals surface area contributed by atoms with Crippen LogP contribution in [0.3, 0.4) is 0 Å². The number of morpholine rings is 1. The lowest BCUT2D eigenvalue weighted by Gasteiger charge is -2.26. The number of ether oxygens (including phenoxy) is 2. The van der Waals surface area contributed by atoms with Gasteiger partial charge in [0, 0.05) is 25.2 Å². The van der Waals surface area contributed by atoms with E-state index in [1.807, 2.05) is 24.3 Å². The van der Waals surface area contributed by atoms with Gasteiger partial charge in [-0.1, -0.05) is 30.3 Å². The summed E-state index contributed by atoms with van der Waals surface area (Å²) in [6.07, 6.45) is 1.13. The molecule has 0 aromatic heterocycles. The molecule has 2 aromatic carbocycles. The van der Waals surface area contributed by atoms with Gasteiger partial charge in [-0.3, -0.25) is 4.90 Å². The van der Waals surface area contributed by atoms with E-state index in [0.717, 1.165) is 58.1 Å². The number of halogens is 1. The Bertz CT molecular complexity index is 675. The van der Waals surface area contributed by atoms with E-state index in [-0.39, 0.29) is 12.4 Å². The van der Waals surface area contributed by atoms with E-state index in [2.05, 4.69) is 16.3 Å². The van der Waals surface area contributed by atoms with Crippen LogP contribution in [0.4, 0.5) is 4.39 Å². The van der Waals surface area contributed by atoms with Crippen molar-refractivity contribution in [3.05, 3.63) is 65.5 Å². The predicted molar refractivity (Wildman–Crippen MR) is 101 cm³/mol. The molecular formula is C21H27FN2O2. The molecule has 26 heavy (non-hydrogen) atoms. The molecule has 4 nitrogen and oxygen atoms in total. The van der Waals surface area contributed by atoms with Gasteiger partial charge in [-0.05, 0) is 43.3 Å². The second-order valence-corrected chi connectivity index (χ2v) is 6.51. The lowest BCUT2D eigenvalue weighted by Crippen LogP contribution is -2.37. The zero-order valence-corrected chi connectivity index (χ0v) is 15.1. The van der Waals surface area contributed by atoms with Gasteiger partial charge in [0.15, 0.2) is 0 Å². The Morgan fingerprint density at radius 1 is 1.08 bits per heavy atom. The molecule has 2 aromatic rings. The summed E-state index contributed by atoms with van der Waals surface area (Å²) in [5, 5.41) is 3.48. The molecule has 0 bridgehead atoms. The van der Waals surface area contributed by atoms with Gasteiger partial charge in [0.05, 0.1) is 13.2 Å². The summed E-state index contributed by atoms with van der Waals surface area (Å²) < 4.78 is 24.7. The van der Waals surface area contributed by atoms with Crippen LogP contribution in [0.15, 0.2) is 48.5 Å². The first-order valence-corrected chi connectivity index (χ1v) is 9.27. The molecule has 0 saturated carbocycles. The molecule has 1 aliphatic rings. The van der Waals surface area contributed by atoms with E-state index in [0.29, 0.717) is 5.56 Å². The summed E-state index contributed by atoms with van der Waals surface area (Å²) in [6, 6.07) is 14.7. The number of hydrogen-bond donors (Lipinski definition) is 1. The molecule has 1 N–H and O–H groups in total. The fraction of sp³-hybridized carbons (Fsp3) is 0.429. The molecule has 0 radical (unpaired) electrons. The Balaban J connectivity index is 1.37. The molecular weight excluding hydrogens is 331 g/mol. The van der Waals surface area contributed by atoms with Gasteiger partial charge in [-0.15, -0.1) is 0 Å². The number of benzene rings is 2. The Labute approximate surface area is 154 Å². The van der Waals surface area contributed by atoms with E-state index < -0.39 is 0 Å². The van der Waals surface area contributed by atoms with Gasteiger partial charge in [0.1, 0.15) is 18.2 Å². The van der Waals surface area contributed by atoms with Crippen molar-refractivity contribution >= 4 is 0 Å². The van der Waals surface area contributed by atoms with Gasteiger partial charge >= 0.3 is 0 Å². The van der Waals surface area contributed by atoms with Gasteiger partial charge in [0.25, 0.3) is 0 Å². The Kier molecular flexibility index (Phi) is 7.43.